The molecule has 0 rings (SSSR count). The molecule has 13 heavy (non-hydrogen) atoms. The van der Waals surface area contributed by atoms with Crippen LogP contribution in [-0.2, 0) is 105 Å². The molecule has 4 radical (unpaired) electrons. The fourth-order valence-electron chi connectivity index (χ4n) is 0. The quantitative estimate of drug-likeness (QED) is 0.423. The van der Waals surface area contributed by atoms with Gasteiger partial charge >= 0.3 is 39.9 Å². The molecule has 0 aromatic carbocycles. The second-order valence-electron chi connectivity index (χ2n) is 0. The molecular weight excluding hydrogens is 454 g/mol. The fraction of sp³-hybridized carbons (Fsp3) is 0. The van der Waals surface area contributed by atoms with Crippen LogP contribution in [0.5, 0.6) is 0 Å². The summed E-state index contributed by atoms with van der Waals surface area (Å²) in [5, 5.41) is 0. The number of hydrogen-bond donors (Lipinski definition) is 0. The average Bonchev–Trinajstić information content (AvgIpc) is 0. The van der Waals surface area contributed by atoms with Gasteiger partial charge in [-0.05, 0) is 0 Å². The van der Waals surface area contributed by atoms with Crippen molar-refractivity contribution in [2.75, 3.05) is 0 Å². The molecule has 0 N–H and O–H groups in total. The van der Waals surface area contributed by atoms with Gasteiger partial charge in [-0.2, -0.15) is 0 Å². The third kappa shape index (κ3) is 322. The predicted octanol–water partition coefficient (Wildman–Crippen LogP) is -1.08. The van der Waals surface area contributed by atoms with E-state index in [0.717, 1.165) is 0 Å². The Balaban J connectivity index is 0. The molecule has 92 valence electrons. The Morgan fingerprint density at radius 3 is 0.231 bits per heavy atom. The van der Waals surface area contributed by atoms with Crippen LogP contribution < -0.4 is 0 Å². The molecule has 0 heterocycles. The Morgan fingerprint density at radius 2 is 0.231 bits per heavy atom. The molecule has 0 fully saturated rings. The van der Waals surface area contributed by atoms with E-state index >= 15 is 0 Å². The van der Waals surface area contributed by atoms with Crippen molar-refractivity contribution < 1.29 is 145 Å². The molecule has 0 spiro atoms. The van der Waals surface area contributed by atoms with E-state index in [4.69, 9.17) is 0 Å². The summed E-state index contributed by atoms with van der Waals surface area (Å²) >= 11 is 0. The van der Waals surface area contributed by atoms with Crippen LogP contribution in [0.2, 0.25) is 0 Å². The molecule has 0 saturated heterocycles. The minimum absolute atomic E-state index is 0. The third-order valence-corrected chi connectivity index (χ3v) is 0. The number of hydrogen-bond acceptors (Lipinski definition) is 0. The first-order valence-electron chi connectivity index (χ1n) is 0. The molecule has 0 amide bonds. The van der Waals surface area contributed by atoms with Gasteiger partial charge in [0.25, 0.3) is 0 Å². The molecule has 0 aliphatic rings. The first kappa shape index (κ1) is 461. The maximum Gasteiger partial charge on any atom is 3.00 e. The largest absolute Gasteiger partial charge is 3.00 e. The summed E-state index contributed by atoms with van der Waals surface area (Å²) in [7, 11) is 0. The summed E-state index contributed by atoms with van der Waals surface area (Å²) in [6.45, 7) is 0. The minimum Gasteiger partial charge on any atom is -2.00 e. The van der Waals surface area contributed by atoms with Crippen LogP contribution in [0, 0.1) is 39.9 Å². The second kappa shape index (κ2) is 375. The second-order valence-corrected chi connectivity index (χ2v) is 0. The molecule has 0 saturated carbocycles. The Hall–Kier alpha value is 2.72. The Bertz CT molecular complexity index is 14.8. The van der Waals surface area contributed by atoms with Gasteiger partial charge in [0.05, 0.1) is 0 Å². The van der Waals surface area contributed by atoms with Crippen LogP contribution in [0.25, 0.3) is 0 Å². The van der Waals surface area contributed by atoms with Gasteiger partial charge < -0.3 is 49.3 Å². The van der Waals surface area contributed by atoms with Crippen molar-refractivity contribution in [1.29, 1.82) is 0 Å². The third-order valence-electron chi connectivity index (χ3n) is 0. The Kier molecular flexibility index (Phi) is 13300. The van der Waals surface area contributed by atoms with Crippen LogP contribution in [0.15, 0.2) is 0 Å². The molecular formula is GdO9V3-15. The molecule has 0 bridgehead atoms. The standard InChI is InChI=1S/Gd.9O.3V/q+3;9*-2;;;. The molecule has 0 atom stereocenters. The Morgan fingerprint density at radius 1 is 0.231 bits per heavy atom. The minimum atomic E-state index is 0. The maximum absolute atomic E-state index is 0. The van der Waals surface area contributed by atoms with E-state index in [1.54, 1.807) is 0 Å². The molecule has 0 aromatic rings. The first-order chi connectivity index (χ1) is 0. The zero-order chi connectivity index (χ0) is 0. The van der Waals surface area contributed by atoms with Gasteiger partial charge in [-0.1, -0.05) is 0 Å². The van der Waals surface area contributed by atoms with Gasteiger partial charge in [0.2, 0.25) is 0 Å². The van der Waals surface area contributed by atoms with Crippen LogP contribution in [-0.4, -0.2) is 0 Å². The van der Waals surface area contributed by atoms with Gasteiger partial charge in [-0.25, -0.2) is 0 Å². The zero-order valence-corrected chi connectivity index (χ0v) is 11.8. The van der Waals surface area contributed by atoms with Crippen molar-refractivity contribution in [2.45, 2.75) is 0 Å². The number of rotatable bonds is 0. The predicted molar refractivity (Wildman–Crippen MR) is 6.18 cm³/mol. The van der Waals surface area contributed by atoms with Crippen LogP contribution in [0.3, 0.4) is 0 Å². The van der Waals surface area contributed by atoms with E-state index < -0.39 is 0 Å². The van der Waals surface area contributed by atoms with Gasteiger partial charge in [-0.3, -0.25) is 0 Å². The molecule has 0 aliphatic carbocycles. The van der Waals surface area contributed by atoms with Crippen molar-refractivity contribution >= 4 is 0 Å². The van der Waals surface area contributed by atoms with E-state index in [-0.39, 0.29) is 145 Å². The smallest absolute Gasteiger partial charge is 2.00 e. The first-order valence-corrected chi connectivity index (χ1v) is 0. The monoisotopic (exact) mass is 455 g/mol. The van der Waals surface area contributed by atoms with E-state index in [1.165, 1.54) is 0 Å². The van der Waals surface area contributed by atoms with E-state index in [1.807, 2.05) is 0 Å². The topological polar surface area (TPSA) is 256 Å². The average molecular weight is 454 g/mol. The van der Waals surface area contributed by atoms with E-state index in [0.29, 0.717) is 0 Å². The van der Waals surface area contributed by atoms with Crippen molar-refractivity contribution in [3.05, 3.63) is 0 Å². The summed E-state index contributed by atoms with van der Waals surface area (Å²) in [5.41, 5.74) is 0. The zero-order valence-electron chi connectivity index (χ0n) is 5.37. The molecule has 0 aliphatic heterocycles. The van der Waals surface area contributed by atoms with E-state index in [2.05, 4.69) is 0 Å². The van der Waals surface area contributed by atoms with Crippen LogP contribution in [0.1, 0.15) is 0 Å². The summed E-state index contributed by atoms with van der Waals surface area (Å²) in [4.78, 5) is 0. The van der Waals surface area contributed by atoms with Gasteiger partial charge in [0.15, 0.2) is 0 Å². The Labute approximate surface area is 143 Å². The summed E-state index contributed by atoms with van der Waals surface area (Å²) in [6, 6.07) is 0. The fourth-order valence-corrected chi connectivity index (χ4v) is 0. The molecule has 0 aromatic heterocycles. The van der Waals surface area contributed by atoms with Gasteiger partial charge in [0.1, 0.15) is 0 Å². The van der Waals surface area contributed by atoms with Gasteiger partial charge in [0, 0.05) is 55.7 Å². The van der Waals surface area contributed by atoms with Crippen LogP contribution in [0.4, 0.5) is 0 Å². The van der Waals surface area contributed by atoms with Crippen molar-refractivity contribution in [1.82, 2.24) is 0 Å². The summed E-state index contributed by atoms with van der Waals surface area (Å²) in [6.07, 6.45) is 0. The molecule has 0 unspecified atom stereocenters. The molecule has 13 heteroatoms. The van der Waals surface area contributed by atoms with Gasteiger partial charge in [-0.15, -0.1) is 0 Å². The SMILES string of the molecule is [Gd+3].[O-2].[O-2].[O-2].[O-2].[O-2].[O-2].[O-2].[O-2].[O-2].[V].[V].[V]. The van der Waals surface area contributed by atoms with Crippen molar-refractivity contribution in [3.63, 3.8) is 0 Å². The van der Waals surface area contributed by atoms with E-state index in [9.17, 15) is 0 Å². The van der Waals surface area contributed by atoms with Crippen molar-refractivity contribution in [2.24, 2.45) is 0 Å². The van der Waals surface area contributed by atoms with Crippen LogP contribution >= 0.6 is 0 Å². The molecule has 9 nitrogen and oxygen atoms in total. The summed E-state index contributed by atoms with van der Waals surface area (Å²) in [5.74, 6) is 0. The maximum atomic E-state index is 0. The summed E-state index contributed by atoms with van der Waals surface area (Å²) < 4.78 is 0. The van der Waals surface area contributed by atoms with Crippen molar-refractivity contribution in [3.8, 4) is 0 Å². The normalized spacial score (nSPS) is 0.